The number of halogens is 1. The van der Waals surface area contributed by atoms with Crippen molar-refractivity contribution in [2.24, 2.45) is 0 Å². The van der Waals surface area contributed by atoms with Gasteiger partial charge in [-0.05, 0) is 43.6 Å². The first-order valence-corrected chi connectivity index (χ1v) is 6.62. The van der Waals surface area contributed by atoms with Gasteiger partial charge >= 0.3 is 0 Å². The molecule has 1 aromatic carbocycles. The number of carbonyl (C=O) groups excluding carboxylic acids is 1. The van der Waals surface area contributed by atoms with Crippen molar-refractivity contribution in [3.05, 3.63) is 40.0 Å². The van der Waals surface area contributed by atoms with Crippen molar-refractivity contribution in [3.63, 3.8) is 0 Å². The number of nitriles is 1. The molecule has 1 heterocycles. The van der Waals surface area contributed by atoms with Crippen molar-refractivity contribution < 1.29 is 4.79 Å². The molecule has 0 aliphatic carbocycles. The molecule has 1 aromatic heterocycles. The summed E-state index contributed by atoms with van der Waals surface area (Å²) in [5.41, 5.74) is 2.41. The van der Waals surface area contributed by atoms with Gasteiger partial charge in [0.1, 0.15) is 5.00 Å². The Morgan fingerprint density at radius 1 is 1.53 bits per heavy atom. The maximum Gasteiger partial charge on any atom is 0.164 e. The number of anilines is 2. The first-order valence-electron chi connectivity index (χ1n) is 5.47. The van der Waals surface area contributed by atoms with E-state index >= 15 is 0 Å². The number of Topliss-reactive ketones (excluding diaryl/α,β-unsaturated/α-hetero) is 1. The Morgan fingerprint density at radius 2 is 2.26 bits per heavy atom. The number of benzene rings is 1. The molecule has 19 heavy (non-hydrogen) atoms. The molecule has 2 aromatic rings. The second-order valence-corrected chi connectivity index (χ2v) is 5.14. The minimum atomic E-state index is -0.0430. The molecule has 0 saturated heterocycles. The third-order valence-corrected chi connectivity index (χ3v) is 3.73. The second kappa shape index (κ2) is 5.39. The van der Waals surface area contributed by atoms with Crippen molar-refractivity contribution in [1.82, 2.24) is 4.37 Å². The smallest absolute Gasteiger partial charge is 0.164 e. The van der Waals surface area contributed by atoms with Gasteiger partial charge in [-0.2, -0.15) is 9.64 Å². The van der Waals surface area contributed by atoms with Crippen molar-refractivity contribution in [3.8, 4) is 6.07 Å². The maximum absolute atomic E-state index is 11.6. The predicted molar refractivity (Wildman–Crippen MR) is 76.3 cm³/mol. The van der Waals surface area contributed by atoms with Gasteiger partial charge in [0.25, 0.3) is 0 Å². The van der Waals surface area contributed by atoms with Crippen LogP contribution in [0.15, 0.2) is 18.2 Å². The molecule has 1 N–H and O–H groups in total. The van der Waals surface area contributed by atoms with E-state index in [2.05, 4.69) is 9.69 Å². The first-order chi connectivity index (χ1) is 9.02. The lowest BCUT2D eigenvalue weighted by atomic mass is 10.1. The molecule has 0 fully saturated rings. The monoisotopic (exact) mass is 291 g/mol. The standard InChI is InChI=1S/C13H10ClN3OS/c1-7-12(8(2)18)13(19-17-7)16-11-4-3-9(6-15)5-10(11)14/h3-5,16H,1-2H3. The number of nitrogens with zero attached hydrogens (tertiary/aromatic N) is 2. The van der Waals surface area contributed by atoms with E-state index < -0.39 is 0 Å². The number of aryl methyl sites for hydroxylation is 1. The molecule has 0 amide bonds. The molecule has 0 aliphatic rings. The van der Waals surface area contributed by atoms with Crippen molar-refractivity contribution >= 4 is 39.6 Å². The van der Waals surface area contributed by atoms with Crippen LogP contribution in [0.3, 0.4) is 0 Å². The summed E-state index contributed by atoms with van der Waals surface area (Å²) in [5.74, 6) is -0.0430. The quantitative estimate of drug-likeness (QED) is 0.870. The lowest BCUT2D eigenvalue weighted by Gasteiger charge is -2.07. The molecule has 0 atom stereocenters. The number of nitrogens with one attached hydrogen (secondary N) is 1. The molecule has 6 heteroatoms. The zero-order valence-electron chi connectivity index (χ0n) is 10.3. The predicted octanol–water partition coefficient (Wildman–Crippen LogP) is 3.92. The Balaban J connectivity index is 2.37. The summed E-state index contributed by atoms with van der Waals surface area (Å²) in [7, 11) is 0. The number of hydrogen-bond acceptors (Lipinski definition) is 5. The average Bonchev–Trinajstić information content (AvgIpc) is 2.73. The minimum Gasteiger partial charge on any atom is -0.344 e. The van der Waals surface area contributed by atoms with Gasteiger partial charge in [-0.15, -0.1) is 0 Å². The van der Waals surface area contributed by atoms with E-state index in [9.17, 15) is 4.79 Å². The number of rotatable bonds is 3. The fraction of sp³-hybridized carbons (Fsp3) is 0.154. The molecule has 4 nitrogen and oxygen atoms in total. The van der Waals surface area contributed by atoms with Gasteiger partial charge in [-0.1, -0.05) is 11.6 Å². The average molecular weight is 292 g/mol. The van der Waals surface area contributed by atoms with Gasteiger partial charge < -0.3 is 5.32 Å². The van der Waals surface area contributed by atoms with Gasteiger partial charge in [0.2, 0.25) is 0 Å². The van der Waals surface area contributed by atoms with E-state index in [1.54, 1.807) is 25.1 Å². The lowest BCUT2D eigenvalue weighted by molar-refractivity contribution is 0.101. The van der Waals surface area contributed by atoms with Crippen LogP contribution in [0.25, 0.3) is 0 Å². The molecular formula is C13H10ClN3OS. The van der Waals surface area contributed by atoms with Crippen LogP contribution in [-0.4, -0.2) is 10.2 Å². The van der Waals surface area contributed by atoms with Gasteiger partial charge in [0.05, 0.1) is 33.6 Å². The second-order valence-electron chi connectivity index (χ2n) is 3.96. The van der Waals surface area contributed by atoms with Crippen LogP contribution in [0.1, 0.15) is 28.5 Å². The summed E-state index contributed by atoms with van der Waals surface area (Å²) in [6, 6.07) is 6.96. The van der Waals surface area contributed by atoms with E-state index in [0.717, 1.165) is 0 Å². The van der Waals surface area contributed by atoms with Crippen molar-refractivity contribution in [2.75, 3.05) is 5.32 Å². The summed E-state index contributed by atoms with van der Waals surface area (Å²) in [6.45, 7) is 3.29. The van der Waals surface area contributed by atoms with E-state index in [-0.39, 0.29) is 5.78 Å². The maximum atomic E-state index is 11.6. The number of hydrogen-bond donors (Lipinski definition) is 1. The highest BCUT2D eigenvalue weighted by Gasteiger charge is 2.15. The third-order valence-electron chi connectivity index (χ3n) is 2.56. The van der Waals surface area contributed by atoms with E-state index in [1.807, 2.05) is 6.07 Å². The van der Waals surface area contributed by atoms with E-state index in [4.69, 9.17) is 16.9 Å². The molecular weight excluding hydrogens is 282 g/mol. The van der Waals surface area contributed by atoms with Crippen LogP contribution in [0.2, 0.25) is 5.02 Å². The third kappa shape index (κ3) is 2.75. The van der Waals surface area contributed by atoms with Gasteiger partial charge in [0.15, 0.2) is 5.78 Å². The normalized spacial score (nSPS) is 10.0. The summed E-state index contributed by atoms with van der Waals surface area (Å²) < 4.78 is 4.16. The van der Waals surface area contributed by atoms with Crippen LogP contribution >= 0.6 is 23.1 Å². The fourth-order valence-electron chi connectivity index (χ4n) is 1.68. The molecule has 2 rings (SSSR count). The Bertz CT molecular complexity index is 688. The lowest BCUT2D eigenvalue weighted by Crippen LogP contribution is -1.99. The highest BCUT2D eigenvalue weighted by molar-refractivity contribution is 7.10. The Hall–Kier alpha value is -1.90. The highest BCUT2D eigenvalue weighted by atomic mass is 35.5. The van der Waals surface area contributed by atoms with Gasteiger partial charge in [-0.3, -0.25) is 4.79 Å². The number of aromatic nitrogens is 1. The van der Waals surface area contributed by atoms with Gasteiger partial charge in [0, 0.05) is 0 Å². The fourth-order valence-corrected chi connectivity index (χ4v) is 2.76. The molecule has 0 bridgehead atoms. The first kappa shape index (κ1) is 13.5. The Morgan fingerprint density at radius 3 is 2.84 bits per heavy atom. The molecule has 0 spiro atoms. The molecule has 0 saturated carbocycles. The van der Waals surface area contributed by atoms with Crippen molar-refractivity contribution in [1.29, 1.82) is 5.26 Å². The highest BCUT2D eigenvalue weighted by Crippen LogP contribution is 2.32. The zero-order valence-corrected chi connectivity index (χ0v) is 11.9. The topological polar surface area (TPSA) is 65.8 Å². The Labute approximate surface area is 119 Å². The SMILES string of the molecule is CC(=O)c1c(C)nsc1Nc1ccc(C#N)cc1Cl. The van der Waals surface area contributed by atoms with E-state index in [1.165, 1.54) is 18.5 Å². The largest absolute Gasteiger partial charge is 0.344 e. The molecule has 0 radical (unpaired) electrons. The van der Waals surface area contributed by atoms with Crippen LogP contribution in [0.5, 0.6) is 0 Å². The summed E-state index contributed by atoms with van der Waals surface area (Å²) in [4.78, 5) is 11.6. The van der Waals surface area contributed by atoms with Crippen molar-refractivity contribution in [2.45, 2.75) is 13.8 Å². The number of ketones is 1. The minimum absolute atomic E-state index is 0.0430. The molecule has 96 valence electrons. The van der Waals surface area contributed by atoms with Crippen LogP contribution < -0.4 is 5.32 Å². The summed E-state index contributed by atoms with van der Waals surface area (Å²) in [5, 5.41) is 13.0. The molecule has 0 unspecified atom stereocenters. The zero-order chi connectivity index (χ0) is 14.0. The summed E-state index contributed by atoms with van der Waals surface area (Å²) >= 11 is 7.29. The van der Waals surface area contributed by atoms with Crippen LogP contribution in [0.4, 0.5) is 10.7 Å². The Kier molecular flexibility index (Phi) is 3.84. The molecule has 0 aliphatic heterocycles. The summed E-state index contributed by atoms with van der Waals surface area (Å²) in [6.07, 6.45) is 0. The van der Waals surface area contributed by atoms with Crippen LogP contribution in [0, 0.1) is 18.3 Å². The van der Waals surface area contributed by atoms with Gasteiger partial charge in [-0.25, -0.2) is 0 Å². The number of carbonyl (C=O) groups is 1. The van der Waals surface area contributed by atoms with E-state index in [0.29, 0.717) is 32.5 Å². The van der Waals surface area contributed by atoms with Crippen LogP contribution in [-0.2, 0) is 0 Å².